The minimum Gasteiger partial charge on any atom is -0.416 e. The van der Waals surface area contributed by atoms with E-state index >= 15 is 0 Å². The molecule has 0 aliphatic carbocycles. The molecule has 2 aliphatic rings. The summed E-state index contributed by atoms with van der Waals surface area (Å²) in [5.41, 5.74) is 1.10. The highest BCUT2D eigenvalue weighted by molar-refractivity contribution is 6.74. The highest BCUT2D eigenvalue weighted by Gasteiger charge is 2.38. The van der Waals surface area contributed by atoms with Crippen molar-refractivity contribution in [2.24, 2.45) is 0 Å². The molecule has 1 fully saturated rings. The van der Waals surface area contributed by atoms with Crippen LogP contribution in [0.1, 0.15) is 32.6 Å². The molecule has 6 nitrogen and oxygen atoms in total. The number of nitrogens with one attached hydrogen (secondary N) is 1. The summed E-state index contributed by atoms with van der Waals surface area (Å²) in [6.45, 7) is 12.7. The second-order valence-corrected chi connectivity index (χ2v) is 12.9. The molecule has 24 heavy (non-hydrogen) atoms. The zero-order chi connectivity index (χ0) is 17.5. The molecule has 132 valence electrons. The Kier molecular flexibility index (Phi) is 4.33. The third kappa shape index (κ3) is 3.15. The van der Waals surface area contributed by atoms with Crippen LogP contribution in [0.2, 0.25) is 18.1 Å². The number of nitrogens with zero attached hydrogens (tertiary/aromatic N) is 3. The lowest BCUT2D eigenvalue weighted by atomic mass is 10.2. The Bertz CT molecular complexity index is 647. The zero-order valence-electron chi connectivity index (χ0n) is 15.2. The molecule has 0 spiro atoms. The van der Waals surface area contributed by atoms with Gasteiger partial charge in [-0.25, -0.2) is 9.48 Å². The Morgan fingerprint density at radius 1 is 1.38 bits per heavy atom. The lowest BCUT2D eigenvalue weighted by Gasteiger charge is -2.36. The van der Waals surface area contributed by atoms with Gasteiger partial charge in [0.15, 0.2) is 8.32 Å². The maximum absolute atomic E-state index is 12.0. The van der Waals surface area contributed by atoms with Gasteiger partial charge in [0, 0.05) is 31.5 Å². The molecule has 2 aliphatic heterocycles. The smallest absolute Gasteiger partial charge is 0.319 e. The van der Waals surface area contributed by atoms with E-state index < -0.39 is 8.32 Å². The van der Waals surface area contributed by atoms with Crippen LogP contribution in [0.15, 0.2) is 24.4 Å². The summed E-state index contributed by atoms with van der Waals surface area (Å²) in [5.74, 6) is 0. The molecule has 3 rings (SSSR count). The molecule has 2 bridgehead atoms. The van der Waals surface area contributed by atoms with Crippen LogP contribution in [0.5, 0.6) is 0 Å². The van der Waals surface area contributed by atoms with E-state index in [-0.39, 0.29) is 23.3 Å². The number of rotatable bonds is 5. The van der Waals surface area contributed by atoms with Crippen LogP contribution in [-0.4, -0.2) is 48.2 Å². The SMILES string of the molecule is CC(C)(C)[Si](C)(C)OCCc1ccnn1C1C=CC2CN1C(=O)N2. The maximum atomic E-state index is 12.0. The van der Waals surface area contributed by atoms with Gasteiger partial charge in [-0.2, -0.15) is 5.10 Å². The Hall–Kier alpha value is -1.60. The van der Waals surface area contributed by atoms with Gasteiger partial charge in [-0.3, -0.25) is 4.90 Å². The van der Waals surface area contributed by atoms with Gasteiger partial charge in [-0.1, -0.05) is 26.8 Å². The number of carbonyl (C=O) groups excluding carboxylic acids is 1. The summed E-state index contributed by atoms with van der Waals surface area (Å²) in [6, 6.07) is 2.13. The zero-order valence-corrected chi connectivity index (χ0v) is 16.2. The van der Waals surface area contributed by atoms with E-state index in [1.54, 1.807) is 6.20 Å². The molecule has 0 saturated carbocycles. The molecular formula is C17H28N4O2Si. The number of hydrogen-bond donors (Lipinski definition) is 1. The quantitative estimate of drug-likeness (QED) is 0.657. The molecule has 0 aromatic carbocycles. The fourth-order valence-corrected chi connectivity index (χ4v) is 3.92. The van der Waals surface area contributed by atoms with Crippen LogP contribution in [0.4, 0.5) is 4.79 Å². The second kappa shape index (κ2) is 6.04. The minimum absolute atomic E-state index is 0.0195. The van der Waals surface area contributed by atoms with Crippen molar-refractivity contribution in [2.75, 3.05) is 13.2 Å². The summed E-state index contributed by atoms with van der Waals surface area (Å²) in [7, 11) is -1.74. The van der Waals surface area contributed by atoms with E-state index in [2.05, 4.69) is 56.4 Å². The van der Waals surface area contributed by atoms with Gasteiger partial charge in [0.1, 0.15) is 6.17 Å². The number of hydrogen-bond acceptors (Lipinski definition) is 3. The van der Waals surface area contributed by atoms with Gasteiger partial charge in [0.05, 0.1) is 6.04 Å². The summed E-state index contributed by atoms with van der Waals surface area (Å²) in [6.07, 6.45) is 6.58. The molecule has 1 aromatic heterocycles. The Morgan fingerprint density at radius 2 is 2.12 bits per heavy atom. The average Bonchev–Trinajstić information content (AvgIpc) is 3.04. The van der Waals surface area contributed by atoms with Gasteiger partial charge in [0.2, 0.25) is 0 Å². The van der Waals surface area contributed by atoms with Crippen molar-refractivity contribution in [3.05, 3.63) is 30.1 Å². The van der Waals surface area contributed by atoms with Crippen molar-refractivity contribution in [1.82, 2.24) is 20.0 Å². The van der Waals surface area contributed by atoms with Gasteiger partial charge in [-0.05, 0) is 30.3 Å². The van der Waals surface area contributed by atoms with E-state index in [9.17, 15) is 4.79 Å². The van der Waals surface area contributed by atoms with Crippen LogP contribution in [0, 0.1) is 0 Å². The van der Waals surface area contributed by atoms with Crippen LogP contribution in [-0.2, 0) is 10.8 Å². The highest BCUT2D eigenvalue weighted by Crippen LogP contribution is 2.36. The first-order chi connectivity index (χ1) is 11.2. The van der Waals surface area contributed by atoms with Gasteiger partial charge >= 0.3 is 6.03 Å². The first-order valence-electron chi connectivity index (χ1n) is 8.61. The normalized spacial score (nSPS) is 23.7. The van der Waals surface area contributed by atoms with Crippen molar-refractivity contribution in [3.63, 3.8) is 0 Å². The molecule has 7 heteroatoms. The molecule has 1 aromatic rings. The second-order valence-electron chi connectivity index (χ2n) is 8.13. The number of carbonyl (C=O) groups is 1. The lowest BCUT2D eigenvalue weighted by molar-refractivity contribution is 0.180. The van der Waals surface area contributed by atoms with Crippen molar-refractivity contribution < 1.29 is 9.22 Å². The molecule has 2 atom stereocenters. The van der Waals surface area contributed by atoms with Crippen LogP contribution in [0.25, 0.3) is 0 Å². The fourth-order valence-electron chi connectivity index (χ4n) is 2.88. The monoisotopic (exact) mass is 348 g/mol. The Morgan fingerprint density at radius 3 is 2.83 bits per heavy atom. The first kappa shape index (κ1) is 17.2. The van der Waals surface area contributed by atoms with E-state index in [1.807, 2.05) is 15.6 Å². The minimum atomic E-state index is -1.74. The first-order valence-corrected chi connectivity index (χ1v) is 11.5. The van der Waals surface area contributed by atoms with Crippen LogP contribution in [0.3, 0.4) is 0 Å². The predicted octanol–water partition coefficient (Wildman–Crippen LogP) is 2.91. The molecule has 1 saturated heterocycles. The molecule has 2 unspecified atom stereocenters. The Balaban J connectivity index is 1.67. The van der Waals surface area contributed by atoms with E-state index in [1.165, 1.54) is 0 Å². The molecule has 0 radical (unpaired) electrons. The maximum Gasteiger partial charge on any atom is 0.319 e. The van der Waals surface area contributed by atoms with Crippen molar-refractivity contribution >= 4 is 14.3 Å². The number of amides is 2. The van der Waals surface area contributed by atoms with Crippen molar-refractivity contribution in [2.45, 2.75) is 57.5 Å². The number of aromatic nitrogens is 2. The summed E-state index contributed by atoms with van der Waals surface area (Å²) < 4.78 is 8.22. The molecular weight excluding hydrogens is 320 g/mol. The Labute approximate surface area is 145 Å². The standard InChI is InChI=1S/C17H28N4O2Si/c1-17(2,3)24(4,5)23-11-9-14-8-10-18-21(14)15-7-6-13-12-20(15)16(22)19-13/h6-8,10,13,15H,9,11-12H2,1-5H3,(H,19,22). The summed E-state index contributed by atoms with van der Waals surface area (Å²) in [5, 5.41) is 7.61. The van der Waals surface area contributed by atoms with E-state index in [4.69, 9.17) is 4.43 Å². The fraction of sp³-hybridized carbons (Fsp3) is 0.647. The van der Waals surface area contributed by atoms with Crippen molar-refractivity contribution in [3.8, 4) is 0 Å². The average molecular weight is 349 g/mol. The van der Waals surface area contributed by atoms with Crippen LogP contribution >= 0.6 is 0 Å². The highest BCUT2D eigenvalue weighted by atomic mass is 28.4. The molecule has 3 heterocycles. The largest absolute Gasteiger partial charge is 0.416 e. The van der Waals surface area contributed by atoms with E-state index in [0.29, 0.717) is 13.2 Å². The van der Waals surface area contributed by atoms with Gasteiger partial charge < -0.3 is 9.74 Å². The van der Waals surface area contributed by atoms with Gasteiger partial charge in [-0.15, -0.1) is 0 Å². The van der Waals surface area contributed by atoms with Crippen LogP contribution < -0.4 is 5.32 Å². The van der Waals surface area contributed by atoms with Gasteiger partial charge in [0.25, 0.3) is 0 Å². The topological polar surface area (TPSA) is 59.4 Å². The van der Waals surface area contributed by atoms with Crippen molar-refractivity contribution in [1.29, 1.82) is 0 Å². The third-order valence-electron chi connectivity index (χ3n) is 5.43. The summed E-state index contributed by atoms with van der Waals surface area (Å²) >= 11 is 0. The predicted molar refractivity (Wildman–Crippen MR) is 96.3 cm³/mol. The van der Waals surface area contributed by atoms with E-state index in [0.717, 1.165) is 12.1 Å². The molecule has 2 amide bonds. The number of fused-ring (bicyclic) bond motifs is 2. The third-order valence-corrected chi connectivity index (χ3v) is 9.97. The number of urea groups is 1. The summed E-state index contributed by atoms with van der Waals surface area (Å²) in [4.78, 5) is 13.9. The lowest BCUT2D eigenvalue weighted by Crippen LogP contribution is -2.41. The molecule has 1 N–H and O–H groups in total.